The third-order valence-corrected chi connectivity index (χ3v) is 3.39. The maximum absolute atomic E-state index is 6.02. The molecule has 0 aliphatic rings. The number of halogens is 1. The lowest BCUT2D eigenvalue weighted by atomic mass is 10.4. The molecular weight excluding hydrogens is 272 g/mol. The molecule has 4 N–H and O–H groups in total. The Morgan fingerprint density at radius 3 is 2.17 bits per heavy atom. The Kier molecular flexibility index (Phi) is 3.53. The molecule has 18 heavy (non-hydrogen) atoms. The first-order valence-electron chi connectivity index (χ1n) is 5.04. The van der Waals surface area contributed by atoms with Gasteiger partial charge in [-0.25, -0.2) is 19.9 Å². The summed E-state index contributed by atoms with van der Waals surface area (Å²) in [5.74, 6) is 0.607. The van der Waals surface area contributed by atoms with E-state index in [9.17, 15) is 0 Å². The lowest BCUT2D eigenvalue weighted by molar-refractivity contribution is 0.938. The van der Waals surface area contributed by atoms with Crippen LogP contribution in [0.3, 0.4) is 0 Å². The summed E-state index contributed by atoms with van der Waals surface area (Å²) in [4.78, 5) is 16.6. The predicted molar refractivity (Wildman–Crippen MR) is 71.5 cm³/mol. The number of aromatic nitrogens is 4. The van der Waals surface area contributed by atoms with Crippen LogP contribution in [0.15, 0.2) is 16.2 Å². The van der Waals surface area contributed by atoms with Crippen LogP contribution in [0.1, 0.15) is 11.4 Å². The highest BCUT2D eigenvalue weighted by atomic mass is 35.5. The molecule has 0 aliphatic carbocycles. The van der Waals surface area contributed by atoms with Gasteiger partial charge in [-0.05, 0) is 25.6 Å². The van der Waals surface area contributed by atoms with Gasteiger partial charge in [-0.15, -0.1) is 0 Å². The first-order chi connectivity index (χ1) is 8.45. The number of nitrogens with zero attached hydrogens (tertiary/aromatic N) is 4. The number of rotatable bonds is 2. The summed E-state index contributed by atoms with van der Waals surface area (Å²) in [5, 5.41) is 1.24. The topological polar surface area (TPSA) is 104 Å². The quantitative estimate of drug-likeness (QED) is 0.810. The summed E-state index contributed by atoms with van der Waals surface area (Å²) < 4.78 is 0. The van der Waals surface area contributed by atoms with Gasteiger partial charge in [0.25, 0.3) is 0 Å². The van der Waals surface area contributed by atoms with Crippen LogP contribution in [-0.4, -0.2) is 19.9 Å². The fourth-order valence-electron chi connectivity index (χ4n) is 1.21. The van der Waals surface area contributed by atoms with Gasteiger partial charge in [0.2, 0.25) is 0 Å². The number of aryl methyl sites for hydroxylation is 2. The first kappa shape index (κ1) is 12.8. The minimum atomic E-state index is 0.304. The van der Waals surface area contributed by atoms with Crippen molar-refractivity contribution in [1.82, 2.24) is 19.9 Å². The van der Waals surface area contributed by atoms with Gasteiger partial charge in [0, 0.05) is 6.07 Å². The van der Waals surface area contributed by atoms with Crippen molar-refractivity contribution >= 4 is 35.0 Å². The Morgan fingerprint density at radius 1 is 1.00 bits per heavy atom. The number of anilines is 2. The molecule has 0 atom stereocenters. The highest BCUT2D eigenvalue weighted by molar-refractivity contribution is 7.99. The van der Waals surface area contributed by atoms with Crippen molar-refractivity contribution in [3.8, 4) is 0 Å². The van der Waals surface area contributed by atoms with Gasteiger partial charge in [0.1, 0.15) is 16.7 Å². The average Bonchev–Trinajstić information content (AvgIpc) is 2.24. The molecule has 6 nitrogen and oxygen atoms in total. The Hall–Kier alpha value is -1.60. The second-order valence-corrected chi connectivity index (χ2v) is 4.91. The molecule has 0 amide bonds. The van der Waals surface area contributed by atoms with Crippen LogP contribution < -0.4 is 11.5 Å². The molecule has 0 fully saturated rings. The molecule has 2 aromatic rings. The smallest absolute Gasteiger partial charge is 0.197 e. The zero-order valence-corrected chi connectivity index (χ0v) is 11.4. The highest BCUT2D eigenvalue weighted by Gasteiger charge is 2.11. The highest BCUT2D eigenvalue weighted by Crippen LogP contribution is 2.29. The van der Waals surface area contributed by atoms with Gasteiger partial charge < -0.3 is 11.5 Å². The normalized spacial score (nSPS) is 10.6. The number of hydrogen-bond acceptors (Lipinski definition) is 7. The molecular formula is C10H11ClN6S. The van der Waals surface area contributed by atoms with E-state index < -0.39 is 0 Å². The lowest BCUT2D eigenvalue weighted by Gasteiger charge is -2.06. The van der Waals surface area contributed by atoms with Crippen LogP contribution in [0.25, 0.3) is 0 Å². The molecule has 0 aromatic carbocycles. The summed E-state index contributed by atoms with van der Waals surface area (Å²) in [6.45, 7) is 3.70. The monoisotopic (exact) mass is 282 g/mol. The van der Waals surface area contributed by atoms with Gasteiger partial charge in [-0.3, -0.25) is 0 Å². The Morgan fingerprint density at radius 2 is 1.56 bits per heavy atom. The van der Waals surface area contributed by atoms with Gasteiger partial charge in [-0.2, -0.15) is 0 Å². The molecule has 0 spiro atoms. The summed E-state index contributed by atoms with van der Waals surface area (Å²) in [6.07, 6.45) is 0. The van der Waals surface area contributed by atoms with Crippen molar-refractivity contribution < 1.29 is 0 Å². The molecule has 0 unspecified atom stereocenters. The standard InChI is InChI=1S/C10H11ClN6S/c1-4-5(2)15-9(8(11)14-4)18-10-16-6(12)3-7(13)17-10/h3H,1-2H3,(H4,12,13,16,17). The molecule has 8 heteroatoms. The van der Waals surface area contributed by atoms with Crippen molar-refractivity contribution in [3.05, 3.63) is 22.6 Å². The van der Waals surface area contributed by atoms with E-state index in [1.165, 1.54) is 17.8 Å². The second-order valence-electron chi connectivity index (χ2n) is 3.59. The summed E-state index contributed by atoms with van der Waals surface area (Å²) >= 11 is 7.20. The van der Waals surface area contributed by atoms with Gasteiger partial charge >= 0.3 is 0 Å². The molecule has 2 aromatic heterocycles. The van der Waals surface area contributed by atoms with Crippen molar-refractivity contribution in [1.29, 1.82) is 0 Å². The van der Waals surface area contributed by atoms with E-state index in [0.29, 0.717) is 27.0 Å². The molecule has 94 valence electrons. The lowest BCUT2D eigenvalue weighted by Crippen LogP contribution is -2.00. The van der Waals surface area contributed by atoms with Crippen LogP contribution in [-0.2, 0) is 0 Å². The largest absolute Gasteiger partial charge is 0.383 e. The van der Waals surface area contributed by atoms with Gasteiger partial charge in [0.15, 0.2) is 10.3 Å². The number of nitrogen functional groups attached to an aromatic ring is 2. The maximum atomic E-state index is 6.02. The van der Waals surface area contributed by atoms with E-state index in [2.05, 4.69) is 19.9 Å². The van der Waals surface area contributed by atoms with Crippen molar-refractivity contribution in [2.24, 2.45) is 0 Å². The third kappa shape index (κ3) is 2.80. The van der Waals surface area contributed by atoms with Crippen LogP contribution in [0.5, 0.6) is 0 Å². The van der Waals surface area contributed by atoms with Crippen LogP contribution in [0.2, 0.25) is 5.15 Å². The van der Waals surface area contributed by atoms with Crippen molar-refractivity contribution in [2.45, 2.75) is 24.0 Å². The van der Waals surface area contributed by atoms with Crippen LogP contribution in [0.4, 0.5) is 11.6 Å². The maximum Gasteiger partial charge on any atom is 0.197 e. The fourth-order valence-corrected chi connectivity index (χ4v) is 2.29. The van der Waals surface area contributed by atoms with E-state index in [4.69, 9.17) is 23.1 Å². The van der Waals surface area contributed by atoms with Crippen LogP contribution >= 0.6 is 23.4 Å². The van der Waals surface area contributed by atoms with E-state index in [1.54, 1.807) is 0 Å². The van der Waals surface area contributed by atoms with E-state index in [-0.39, 0.29) is 0 Å². The van der Waals surface area contributed by atoms with E-state index in [0.717, 1.165) is 11.4 Å². The molecule has 0 saturated heterocycles. The Bertz CT molecular complexity index is 583. The zero-order valence-electron chi connectivity index (χ0n) is 9.81. The van der Waals surface area contributed by atoms with Crippen molar-refractivity contribution in [3.63, 3.8) is 0 Å². The van der Waals surface area contributed by atoms with Gasteiger partial charge in [0.05, 0.1) is 11.4 Å². The van der Waals surface area contributed by atoms with Gasteiger partial charge in [-0.1, -0.05) is 11.6 Å². The fraction of sp³-hybridized carbons (Fsp3) is 0.200. The predicted octanol–water partition coefficient (Wildman–Crippen LogP) is 1.85. The molecule has 2 rings (SSSR count). The summed E-state index contributed by atoms with van der Waals surface area (Å²) in [5.41, 5.74) is 12.8. The number of hydrogen-bond donors (Lipinski definition) is 2. The van der Waals surface area contributed by atoms with Crippen LogP contribution in [0, 0.1) is 13.8 Å². The zero-order chi connectivity index (χ0) is 13.3. The molecule has 0 aliphatic heterocycles. The molecule has 2 heterocycles. The molecule has 0 radical (unpaired) electrons. The average molecular weight is 283 g/mol. The minimum absolute atomic E-state index is 0.304. The minimum Gasteiger partial charge on any atom is -0.383 e. The Balaban J connectivity index is 2.36. The first-order valence-corrected chi connectivity index (χ1v) is 6.24. The SMILES string of the molecule is Cc1nc(Cl)c(Sc2nc(N)cc(N)n2)nc1C. The molecule has 0 saturated carbocycles. The summed E-state index contributed by atoms with van der Waals surface area (Å²) in [6, 6.07) is 1.48. The van der Waals surface area contributed by atoms with E-state index in [1.807, 2.05) is 13.8 Å². The molecule has 0 bridgehead atoms. The summed E-state index contributed by atoms with van der Waals surface area (Å²) in [7, 11) is 0. The Labute approximate surface area is 113 Å². The van der Waals surface area contributed by atoms with E-state index >= 15 is 0 Å². The third-order valence-electron chi connectivity index (χ3n) is 2.17. The number of nitrogens with two attached hydrogens (primary N) is 2. The second kappa shape index (κ2) is 4.95. The van der Waals surface area contributed by atoms with Crippen molar-refractivity contribution in [2.75, 3.05) is 11.5 Å².